The fourth-order valence-electron chi connectivity index (χ4n) is 4.17. The zero-order valence-corrected chi connectivity index (χ0v) is 17.8. The van der Waals surface area contributed by atoms with E-state index in [0.29, 0.717) is 24.6 Å². The normalized spacial score (nSPS) is 19.0. The van der Waals surface area contributed by atoms with Gasteiger partial charge in [-0.2, -0.15) is 0 Å². The van der Waals surface area contributed by atoms with Crippen molar-refractivity contribution in [2.45, 2.75) is 51.7 Å². The van der Waals surface area contributed by atoms with Gasteiger partial charge in [-0.25, -0.2) is 0 Å². The van der Waals surface area contributed by atoms with E-state index in [9.17, 15) is 9.59 Å². The first kappa shape index (κ1) is 20.5. The van der Waals surface area contributed by atoms with Crippen LogP contribution in [0.25, 0.3) is 0 Å². The number of benzene rings is 2. The molecule has 0 saturated heterocycles. The minimum atomic E-state index is -0.510. The van der Waals surface area contributed by atoms with Crippen LogP contribution in [0, 0.1) is 5.92 Å². The Labute approximate surface area is 178 Å². The van der Waals surface area contributed by atoms with E-state index in [0.717, 1.165) is 24.1 Å². The van der Waals surface area contributed by atoms with Crippen LogP contribution < -0.4 is 10.1 Å². The molecule has 0 aromatic heterocycles. The van der Waals surface area contributed by atoms with Crippen molar-refractivity contribution in [1.29, 1.82) is 0 Å². The van der Waals surface area contributed by atoms with Crippen LogP contribution in [0.15, 0.2) is 48.5 Å². The maximum Gasteiger partial charge on any atom is 0.261 e. The molecule has 0 spiro atoms. The molecule has 1 saturated carbocycles. The van der Waals surface area contributed by atoms with Crippen LogP contribution in [0.3, 0.4) is 0 Å². The summed E-state index contributed by atoms with van der Waals surface area (Å²) in [6, 6.07) is 16.0. The molecular weight excluding hydrogens is 376 g/mol. The lowest BCUT2D eigenvalue weighted by atomic mass is 9.88. The topological polar surface area (TPSA) is 58.6 Å². The van der Waals surface area contributed by atoms with Crippen molar-refractivity contribution in [3.8, 4) is 5.75 Å². The SMILES string of the molecule is CC[C@H](Oc1ccc2c(c1)[C@H](c1ccccc1)N(C(C)=O)CC2)C(=O)NCC1CC1. The van der Waals surface area contributed by atoms with E-state index in [-0.39, 0.29) is 17.9 Å². The number of nitrogens with zero attached hydrogens (tertiary/aromatic N) is 1. The first-order valence-electron chi connectivity index (χ1n) is 11.0. The van der Waals surface area contributed by atoms with Crippen molar-refractivity contribution in [1.82, 2.24) is 10.2 Å². The number of carbonyl (C=O) groups excluding carboxylic acids is 2. The standard InChI is InChI=1S/C25H30N2O3/c1-3-23(25(29)26-16-18-9-10-18)30-21-12-11-19-13-14-27(17(2)28)24(22(19)15-21)20-7-5-4-6-8-20/h4-8,11-12,15,18,23-24H,3,9-10,13-14,16H2,1-2H3,(H,26,29)/t23-,24-/m0/s1. The molecule has 0 bridgehead atoms. The number of rotatable bonds is 7. The van der Waals surface area contributed by atoms with Gasteiger partial charge in [0.15, 0.2) is 6.10 Å². The molecule has 5 heteroatoms. The highest BCUT2D eigenvalue weighted by molar-refractivity contribution is 5.81. The van der Waals surface area contributed by atoms with E-state index >= 15 is 0 Å². The molecule has 1 heterocycles. The van der Waals surface area contributed by atoms with Crippen molar-refractivity contribution < 1.29 is 14.3 Å². The van der Waals surface area contributed by atoms with Crippen LogP contribution in [0.2, 0.25) is 0 Å². The average Bonchev–Trinajstić information content (AvgIpc) is 3.60. The van der Waals surface area contributed by atoms with Crippen LogP contribution in [-0.4, -0.2) is 35.9 Å². The Morgan fingerprint density at radius 1 is 1.17 bits per heavy atom. The molecule has 4 rings (SSSR count). The average molecular weight is 407 g/mol. The van der Waals surface area contributed by atoms with Crippen molar-refractivity contribution in [2.75, 3.05) is 13.1 Å². The summed E-state index contributed by atoms with van der Waals surface area (Å²) in [4.78, 5) is 26.8. The molecule has 1 aliphatic heterocycles. The molecular formula is C25H30N2O3. The Hall–Kier alpha value is -2.82. The van der Waals surface area contributed by atoms with Gasteiger partial charge in [0.25, 0.3) is 5.91 Å². The summed E-state index contributed by atoms with van der Waals surface area (Å²) >= 11 is 0. The van der Waals surface area contributed by atoms with E-state index < -0.39 is 6.10 Å². The van der Waals surface area contributed by atoms with Gasteiger partial charge < -0.3 is 15.0 Å². The largest absolute Gasteiger partial charge is 0.481 e. The molecule has 2 aliphatic rings. The zero-order chi connectivity index (χ0) is 21.1. The maximum atomic E-state index is 12.5. The molecule has 2 atom stereocenters. The minimum absolute atomic E-state index is 0.0490. The first-order chi connectivity index (χ1) is 14.6. The first-order valence-corrected chi connectivity index (χ1v) is 11.0. The summed E-state index contributed by atoms with van der Waals surface area (Å²) in [5.74, 6) is 1.33. The monoisotopic (exact) mass is 406 g/mol. The van der Waals surface area contributed by atoms with Gasteiger partial charge in [-0.15, -0.1) is 0 Å². The van der Waals surface area contributed by atoms with Crippen LogP contribution in [0.4, 0.5) is 0 Å². The van der Waals surface area contributed by atoms with Gasteiger partial charge >= 0.3 is 0 Å². The highest BCUT2D eigenvalue weighted by atomic mass is 16.5. The molecule has 5 nitrogen and oxygen atoms in total. The summed E-state index contributed by atoms with van der Waals surface area (Å²) in [6.45, 7) is 5.03. The van der Waals surface area contributed by atoms with E-state index in [4.69, 9.17) is 4.74 Å². The smallest absolute Gasteiger partial charge is 0.261 e. The van der Waals surface area contributed by atoms with Crippen molar-refractivity contribution in [2.24, 2.45) is 5.92 Å². The molecule has 2 aromatic carbocycles. The van der Waals surface area contributed by atoms with Crippen LogP contribution in [0.1, 0.15) is 55.8 Å². The minimum Gasteiger partial charge on any atom is -0.481 e. The third-order valence-corrected chi connectivity index (χ3v) is 6.07. The molecule has 2 amide bonds. The molecule has 158 valence electrons. The Kier molecular flexibility index (Phi) is 6.07. The predicted octanol–water partition coefficient (Wildman–Crippen LogP) is 3.86. The fourth-order valence-corrected chi connectivity index (χ4v) is 4.17. The lowest BCUT2D eigenvalue weighted by Crippen LogP contribution is -2.40. The van der Waals surface area contributed by atoms with E-state index in [2.05, 4.69) is 23.5 Å². The van der Waals surface area contributed by atoms with Gasteiger partial charge in [0.2, 0.25) is 5.91 Å². The van der Waals surface area contributed by atoms with Crippen LogP contribution in [0.5, 0.6) is 5.75 Å². The van der Waals surface area contributed by atoms with Gasteiger partial charge in [-0.05, 0) is 60.4 Å². The van der Waals surface area contributed by atoms with Crippen molar-refractivity contribution in [3.63, 3.8) is 0 Å². The third kappa shape index (κ3) is 4.50. The van der Waals surface area contributed by atoms with Gasteiger partial charge in [-0.3, -0.25) is 9.59 Å². The Morgan fingerprint density at radius 3 is 2.60 bits per heavy atom. The second-order valence-corrected chi connectivity index (χ2v) is 8.34. The fraction of sp³-hybridized carbons (Fsp3) is 0.440. The molecule has 0 radical (unpaired) electrons. The van der Waals surface area contributed by atoms with Crippen LogP contribution in [-0.2, 0) is 16.0 Å². The lowest BCUT2D eigenvalue weighted by Gasteiger charge is -2.37. The zero-order valence-electron chi connectivity index (χ0n) is 17.8. The van der Waals surface area contributed by atoms with Gasteiger partial charge in [-0.1, -0.05) is 43.3 Å². The Balaban J connectivity index is 1.59. The van der Waals surface area contributed by atoms with Gasteiger partial charge in [0.05, 0.1) is 6.04 Å². The highest BCUT2D eigenvalue weighted by Crippen LogP contribution is 2.37. The summed E-state index contributed by atoms with van der Waals surface area (Å²) in [7, 11) is 0. The van der Waals surface area contributed by atoms with Gasteiger partial charge in [0.1, 0.15) is 5.75 Å². The molecule has 1 fully saturated rings. The van der Waals surface area contributed by atoms with Crippen molar-refractivity contribution in [3.05, 3.63) is 65.2 Å². The summed E-state index contributed by atoms with van der Waals surface area (Å²) in [5.41, 5.74) is 3.38. The van der Waals surface area contributed by atoms with E-state index in [1.165, 1.54) is 18.4 Å². The number of fused-ring (bicyclic) bond motifs is 1. The number of amides is 2. The number of nitrogens with one attached hydrogen (secondary N) is 1. The second-order valence-electron chi connectivity index (χ2n) is 8.34. The summed E-state index contributed by atoms with van der Waals surface area (Å²) in [5, 5.41) is 3.02. The highest BCUT2D eigenvalue weighted by Gasteiger charge is 2.31. The quantitative estimate of drug-likeness (QED) is 0.760. The number of carbonyl (C=O) groups is 2. The molecule has 0 unspecified atom stereocenters. The second kappa shape index (κ2) is 8.90. The number of ether oxygens (including phenoxy) is 1. The Bertz CT molecular complexity index is 908. The van der Waals surface area contributed by atoms with Gasteiger partial charge in [0, 0.05) is 20.0 Å². The number of hydrogen-bond donors (Lipinski definition) is 1. The maximum absolute atomic E-state index is 12.5. The van der Waals surface area contributed by atoms with E-state index in [1.54, 1.807) is 6.92 Å². The summed E-state index contributed by atoms with van der Waals surface area (Å²) in [6.07, 6.45) is 3.32. The lowest BCUT2D eigenvalue weighted by molar-refractivity contribution is -0.131. The number of hydrogen-bond acceptors (Lipinski definition) is 3. The molecule has 2 aromatic rings. The molecule has 30 heavy (non-hydrogen) atoms. The van der Waals surface area contributed by atoms with Crippen LogP contribution >= 0.6 is 0 Å². The van der Waals surface area contributed by atoms with Crippen molar-refractivity contribution >= 4 is 11.8 Å². The predicted molar refractivity (Wildman–Crippen MR) is 116 cm³/mol. The molecule has 1 N–H and O–H groups in total. The van der Waals surface area contributed by atoms with E-state index in [1.807, 2.05) is 42.2 Å². The molecule has 1 aliphatic carbocycles. The Morgan fingerprint density at radius 2 is 1.93 bits per heavy atom. The summed E-state index contributed by atoms with van der Waals surface area (Å²) < 4.78 is 6.11. The third-order valence-electron chi connectivity index (χ3n) is 6.07.